The van der Waals surface area contributed by atoms with Gasteiger partial charge >= 0.3 is 12.6 Å². The lowest BCUT2D eigenvalue weighted by atomic mass is 9.89. The van der Waals surface area contributed by atoms with Gasteiger partial charge in [0, 0.05) is 29.8 Å². The summed E-state index contributed by atoms with van der Waals surface area (Å²) in [4.78, 5) is 18.3. The minimum Gasteiger partial charge on any atom is -0.480 e. The van der Waals surface area contributed by atoms with E-state index in [9.17, 15) is 18.7 Å². The van der Waals surface area contributed by atoms with Crippen molar-refractivity contribution in [1.82, 2.24) is 15.2 Å². The van der Waals surface area contributed by atoms with Crippen LogP contribution >= 0.6 is 0 Å². The number of oxazole rings is 1. The third-order valence-electron chi connectivity index (χ3n) is 9.68. The second-order valence-electron chi connectivity index (χ2n) is 12.5. The monoisotopic (exact) mass is 637 g/mol. The number of halogens is 2. The first-order valence-electron chi connectivity index (χ1n) is 16.2. The van der Waals surface area contributed by atoms with Crippen LogP contribution in [0.25, 0.3) is 44.8 Å². The fourth-order valence-corrected chi connectivity index (χ4v) is 7.22. The number of likely N-dealkylation sites (tertiary alicyclic amines) is 1. The van der Waals surface area contributed by atoms with Gasteiger partial charge in [-0.3, -0.25) is 9.69 Å². The van der Waals surface area contributed by atoms with Gasteiger partial charge in [0.15, 0.2) is 5.58 Å². The van der Waals surface area contributed by atoms with E-state index in [1.165, 1.54) is 35.6 Å². The second kappa shape index (κ2) is 12.9. The van der Waals surface area contributed by atoms with Crippen LogP contribution in [0, 0.1) is 13.8 Å². The average molecular weight is 638 g/mol. The van der Waals surface area contributed by atoms with E-state index in [4.69, 9.17) is 14.1 Å². The quantitative estimate of drug-likeness (QED) is 0.168. The van der Waals surface area contributed by atoms with Crippen LogP contribution in [-0.4, -0.2) is 46.7 Å². The number of nitrogens with one attached hydrogen (secondary N) is 1. The number of aliphatic carboxylic acids is 1. The Kier molecular flexibility index (Phi) is 8.51. The van der Waals surface area contributed by atoms with Crippen molar-refractivity contribution >= 4 is 17.1 Å². The maximum Gasteiger partial charge on any atom is 0.387 e. The molecule has 0 spiro atoms. The van der Waals surface area contributed by atoms with Crippen molar-refractivity contribution in [3.63, 3.8) is 0 Å². The molecule has 0 aliphatic carbocycles. The van der Waals surface area contributed by atoms with E-state index < -0.39 is 18.6 Å². The van der Waals surface area contributed by atoms with E-state index in [0.717, 1.165) is 40.8 Å². The summed E-state index contributed by atoms with van der Waals surface area (Å²) in [6.07, 6.45) is 3.61. The molecule has 3 heterocycles. The van der Waals surface area contributed by atoms with E-state index in [2.05, 4.69) is 60.8 Å². The molecule has 0 saturated carbocycles. The number of fused-ring (bicyclic) bond motifs is 1. The van der Waals surface area contributed by atoms with E-state index in [1.807, 2.05) is 19.1 Å². The first-order chi connectivity index (χ1) is 22.8. The Morgan fingerprint density at radius 3 is 2.36 bits per heavy atom. The Balaban J connectivity index is 1.22. The molecule has 2 fully saturated rings. The number of benzene rings is 4. The van der Waals surface area contributed by atoms with Gasteiger partial charge in [-0.25, -0.2) is 4.98 Å². The third-order valence-corrected chi connectivity index (χ3v) is 9.68. The van der Waals surface area contributed by atoms with E-state index in [1.54, 1.807) is 11.0 Å². The topological polar surface area (TPSA) is 87.8 Å². The second-order valence-corrected chi connectivity index (χ2v) is 12.5. The van der Waals surface area contributed by atoms with Gasteiger partial charge in [0.25, 0.3) is 0 Å². The predicted octanol–water partition coefficient (Wildman–Crippen LogP) is 8.52. The molecule has 0 bridgehead atoms. The van der Waals surface area contributed by atoms with Crippen LogP contribution in [0.5, 0.6) is 5.75 Å². The fraction of sp³-hybridized carbons (Fsp3) is 0.316. The number of nitrogens with zero attached hydrogens (tertiary/aromatic N) is 2. The number of carboxylic acid groups (broad SMARTS) is 1. The number of hydrogen-bond acceptors (Lipinski definition) is 6. The first kappa shape index (κ1) is 31.0. The number of hydrogen-bond donors (Lipinski definition) is 2. The number of alkyl halides is 2. The normalized spacial score (nSPS) is 18.4. The fourth-order valence-electron chi connectivity index (χ4n) is 7.22. The van der Waals surface area contributed by atoms with Gasteiger partial charge in [-0.2, -0.15) is 8.78 Å². The molecule has 9 heteroatoms. The summed E-state index contributed by atoms with van der Waals surface area (Å²) in [5.41, 5.74) is 9.99. The SMILES string of the molecule is Cc1c(-c2ccc(C3CCCN3)cc2)cccc1-c1cccc(-c2nc3cc(CN4CCC[C@H]4C(=O)O)c(OC(F)F)cc3o2)c1C. The molecule has 1 aromatic heterocycles. The molecule has 2 aliphatic rings. The average Bonchev–Trinajstić information content (AvgIpc) is 3.83. The van der Waals surface area contributed by atoms with Gasteiger partial charge in [-0.1, -0.05) is 54.6 Å². The Bertz CT molecular complexity index is 1930. The standard InChI is InChI=1S/C38H37F2N3O4/c1-22-27(24-13-15-25(16-14-24)31-11-5-17-41-31)7-3-8-28(22)29-9-4-10-30(23(29)2)36-42-32-19-26(21-43-18-6-12-33(43)37(44)45)34(47-38(39)40)20-35(32)46-36/h3-4,7-10,13-16,19-20,31,33,38,41H,5-6,11-12,17-18,21H2,1-2H3,(H,44,45)/t31?,33-/m0/s1. The van der Waals surface area contributed by atoms with Crippen molar-refractivity contribution in [2.75, 3.05) is 13.1 Å². The maximum absolute atomic E-state index is 13.4. The molecule has 7 rings (SSSR count). The Morgan fingerprint density at radius 1 is 0.979 bits per heavy atom. The Hall–Kier alpha value is -4.60. The van der Waals surface area contributed by atoms with Crippen molar-refractivity contribution in [2.24, 2.45) is 0 Å². The van der Waals surface area contributed by atoms with Crippen molar-refractivity contribution < 1.29 is 27.8 Å². The van der Waals surface area contributed by atoms with Crippen molar-refractivity contribution in [3.8, 4) is 39.5 Å². The van der Waals surface area contributed by atoms with Crippen molar-refractivity contribution in [2.45, 2.75) is 64.8 Å². The molecule has 0 amide bonds. The molecular formula is C38H37F2N3O4. The lowest BCUT2D eigenvalue weighted by Gasteiger charge is -2.22. The zero-order valence-electron chi connectivity index (χ0n) is 26.4. The lowest BCUT2D eigenvalue weighted by Crippen LogP contribution is -2.35. The zero-order valence-corrected chi connectivity index (χ0v) is 26.4. The molecule has 242 valence electrons. The van der Waals surface area contributed by atoms with Gasteiger partial charge < -0.3 is 19.6 Å². The highest BCUT2D eigenvalue weighted by atomic mass is 19.3. The smallest absolute Gasteiger partial charge is 0.387 e. The third kappa shape index (κ3) is 6.13. The zero-order chi connectivity index (χ0) is 32.7. The largest absolute Gasteiger partial charge is 0.480 e. The van der Waals surface area contributed by atoms with Crippen LogP contribution in [-0.2, 0) is 11.3 Å². The van der Waals surface area contributed by atoms with Gasteiger partial charge in [0.05, 0.1) is 0 Å². The summed E-state index contributed by atoms with van der Waals surface area (Å²) in [5, 5.41) is 13.2. The van der Waals surface area contributed by atoms with Gasteiger partial charge in [0.1, 0.15) is 17.3 Å². The lowest BCUT2D eigenvalue weighted by molar-refractivity contribution is -0.142. The molecule has 2 aliphatic heterocycles. The summed E-state index contributed by atoms with van der Waals surface area (Å²) >= 11 is 0. The molecule has 5 aromatic rings. The highest BCUT2D eigenvalue weighted by molar-refractivity contribution is 5.85. The highest BCUT2D eigenvalue weighted by Gasteiger charge is 2.31. The molecule has 2 saturated heterocycles. The van der Waals surface area contributed by atoms with Crippen molar-refractivity contribution in [1.29, 1.82) is 0 Å². The van der Waals surface area contributed by atoms with E-state index in [-0.39, 0.29) is 12.3 Å². The maximum atomic E-state index is 13.4. The minimum absolute atomic E-state index is 0.0447. The first-order valence-corrected chi connectivity index (χ1v) is 16.2. The summed E-state index contributed by atoms with van der Waals surface area (Å²) < 4.78 is 37.9. The van der Waals surface area contributed by atoms with Crippen LogP contribution in [0.1, 0.15) is 54.0 Å². The summed E-state index contributed by atoms with van der Waals surface area (Å²) in [5.74, 6) is -0.597. The van der Waals surface area contributed by atoms with E-state index >= 15 is 0 Å². The summed E-state index contributed by atoms with van der Waals surface area (Å²) in [6.45, 7) is 2.92. The molecule has 4 aromatic carbocycles. The molecule has 1 unspecified atom stereocenters. The molecule has 47 heavy (non-hydrogen) atoms. The van der Waals surface area contributed by atoms with Crippen LogP contribution < -0.4 is 10.1 Å². The van der Waals surface area contributed by atoms with Gasteiger partial charge in [0.2, 0.25) is 5.89 Å². The Morgan fingerprint density at radius 2 is 1.68 bits per heavy atom. The molecule has 0 radical (unpaired) electrons. The minimum atomic E-state index is -3.04. The molecular weight excluding hydrogens is 600 g/mol. The Labute approximate surface area is 272 Å². The van der Waals surface area contributed by atoms with Crippen LogP contribution in [0.2, 0.25) is 0 Å². The highest BCUT2D eigenvalue weighted by Crippen LogP contribution is 2.39. The summed E-state index contributed by atoms with van der Waals surface area (Å²) in [7, 11) is 0. The molecule has 2 N–H and O–H groups in total. The van der Waals surface area contributed by atoms with Crippen LogP contribution in [0.3, 0.4) is 0 Å². The number of carboxylic acids is 1. The summed E-state index contributed by atoms with van der Waals surface area (Å²) in [6, 6.07) is 24.1. The number of carbonyl (C=O) groups is 1. The number of rotatable bonds is 9. The predicted molar refractivity (Wildman–Crippen MR) is 177 cm³/mol. The number of ether oxygens (including phenoxy) is 1. The van der Waals surface area contributed by atoms with Crippen molar-refractivity contribution in [3.05, 3.63) is 95.1 Å². The van der Waals surface area contributed by atoms with Crippen LogP contribution in [0.15, 0.2) is 77.2 Å². The van der Waals surface area contributed by atoms with E-state index in [0.29, 0.717) is 41.6 Å². The van der Waals surface area contributed by atoms with Crippen LogP contribution in [0.4, 0.5) is 8.78 Å². The van der Waals surface area contributed by atoms with Gasteiger partial charge in [-0.05, 0) is 104 Å². The molecule has 7 nitrogen and oxygen atoms in total. The molecule has 2 atom stereocenters. The number of aromatic nitrogens is 1. The van der Waals surface area contributed by atoms with Gasteiger partial charge in [-0.15, -0.1) is 0 Å².